The number of fused-ring (bicyclic) bond motifs is 1. The lowest BCUT2D eigenvalue weighted by Gasteiger charge is -2.18. The molecule has 0 bridgehead atoms. The topological polar surface area (TPSA) is 142 Å². The number of pyridine rings is 1. The van der Waals surface area contributed by atoms with Gasteiger partial charge in [-0.15, -0.1) is 0 Å². The Hall–Kier alpha value is -2.57. The average molecular weight is 448 g/mol. The van der Waals surface area contributed by atoms with Crippen LogP contribution < -0.4 is 10.2 Å². The third-order valence-electron chi connectivity index (χ3n) is 5.71. The molecule has 0 saturated carbocycles. The van der Waals surface area contributed by atoms with Crippen molar-refractivity contribution < 1.29 is 20.1 Å². The van der Waals surface area contributed by atoms with Crippen LogP contribution in [0.25, 0.3) is 11.2 Å². The number of nitrogens with one attached hydrogen (secondary N) is 1. The number of hydrogen-bond acceptors (Lipinski definition) is 10. The Morgan fingerprint density at radius 2 is 2.03 bits per heavy atom. The Morgan fingerprint density at radius 1 is 1.16 bits per heavy atom. The normalized spacial score (nSPS) is 28.5. The number of anilines is 2. The third kappa shape index (κ3) is 3.68. The fourth-order valence-electron chi connectivity index (χ4n) is 4.09. The molecule has 31 heavy (non-hydrogen) atoms. The second-order valence-electron chi connectivity index (χ2n) is 7.69. The summed E-state index contributed by atoms with van der Waals surface area (Å²) in [6.07, 6.45) is 1.25. The highest BCUT2D eigenvalue weighted by Gasteiger charge is 2.44. The summed E-state index contributed by atoms with van der Waals surface area (Å²) in [6, 6.07) is 3.86. The van der Waals surface area contributed by atoms with E-state index in [-0.39, 0.29) is 6.04 Å². The van der Waals surface area contributed by atoms with E-state index < -0.39 is 31.1 Å². The fourth-order valence-corrected chi connectivity index (χ4v) is 4.20. The molecular weight excluding hydrogens is 426 g/mol. The number of aliphatic hydroxyl groups excluding tert-OH is 3. The lowest BCUT2D eigenvalue weighted by Crippen LogP contribution is -2.33. The Kier molecular flexibility index (Phi) is 5.36. The van der Waals surface area contributed by atoms with E-state index in [1.807, 2.05) is 12.1 Å². The van der Waals surface area contributed by atoms with Crippen LogP contribution >= 0.6 is 11.6 Å². The summed E-state index contributed by atoms with van der Waals surface area (Å²) in [5.74, 6) is 1.45. The number of ether oxygens (including phenoxy) is 1. The molecule has 3 aromatic rings. The minimum Gasteiger partial charge on any atom is -0.394 e. The molecule has 1 unspecified atom stereocenters. The molecule has 2 aliphatic heterocycles. The standard InChI is InChI=1S/C19H22ClN7O4/c20-10-1-2-13(21-5-10)26-4-3-11(6-26)25-17-14-18(23-8-22-17)27(9-24-14)19-16(30)15(29)12(7-28)31-19/h1-2,5,8-9,11-12,15-16,19,28-30H,3-4,6-7H2,(H,22,23,25)/t11-,12+,15-,16-,19?/m0/s1. The van der Waals surface area contributed by atoms with Gasteiger partial charge in [-0.05, 0) is 18.6 Å². The zero-order valence-electron chi connectivity index (χ0n) is 16.4. The van der Waals surface area contributed by atoms with Crippen LogP contribution in [-0.2, 0) is 4.74 Å². The lowest BCUT2D eigenvalue weighted by molar-refractivity contribution is -0.0511. The summed E-state index contributed by atoms with van der Waals surface area (Å²) in [5, 5.41) is 33.7. The number of aromatic nitrogens is 5. The maximum Gasteiger partial charge on any atom is 0.167 e. The number of halogens is 1. The van der Waals surface area contributed by atoms with Crippen molar-refractivity contribution in [1.82, 2.24) is 24.5 Å². The first-order valence-electron chi connectivity index (χ1n) is 9.98. The smallest absolute Gasteiger partial charge is 0.167 e. The van der Waals surface area contributed by atoms with Crippen LogP contribution in [0, 0.1) is 0 Å². The molecule has 2 fully saturated rings. The monoisotopic (exact) mass is 447 g/mol. The molecule has 0 spiro atoms. The van der Waals surface area contributed by atoms with Crippen molar-refractivity contribution in [2.24, 2.45) is 0 Å². The van der Waals surface area contributed by atoms with E-state index >= 15 is 0 Å². The third-order valence-corrected chi connectivity index (χ3v) is 5.94. The van der Waals surface area contributed by atoms with Gasteiger partial charge in [-0.2, -0.15) is 0 Å². The minimum absolute atomic E-state index is 0.134. The van der Waals surface area contributed by atoms with Gasteiger partial charge >= 0.3 is 0 Å². The second kappa shape index (κ2) is 8.17. The van der Waals surface area contributed by atoms with Gasteiger partial charge in [0.2, 0.25) is 0 Å². The Bertz CT molecular complexity index is 1070. The van der Waals surface area contributed by atoms with Gasteiger partial charge < -0.3 is 30.3 Å². The van der Waals surface area contributed by atoms with E-state index in [0.29, 0.717) is 22.0 Å². The van der Waals surface area contributed by atoms with E-state index in [4.69, 9.17) is 16.3 Å². The van der Waals surface area contributed by atoms with Gasteiger partial charge in [-0.3, -0.25) is 4.57 Å². The van der Waals surface area contributed by atoms with Crippen molar-refractivity contribution >= 4 is 34.4 Å². The molecule has 11 nitrogen and oxygen atoms in total. The van der Waals surface area contributed by atoms with Crippen LogP contribution in [0.1, 0.15) is 12.6 Å². The number of hydrogen-bond donors (Lipinski definition) is 4. The Morgan fingerprint density at radius 3 is 2.77 bits per heavy atom. The molecule has 12 heteroatoms. The van der Waals surface area contributed by atoms with Crippen molar-refractivity contribution in [1.29, 1.82) is 0 Å². The van der Waals surface area contributed by atoms with Crippen molar-refractivity contribution in [3.8, 4) is 0 Å². The molecule has 0 radical (unpaired) electrons. The summed E-state index contributed by atoms with van der Waals surface area (Å²) in [5.41, 5.74) is 0.991. The Balaban J connectivity index is 1.34. The molecule has 0 amide bonds. The van der Waals surface area contributed by atoms with Gasteiger partial charge in [0.05, 0.1) is 18.0 Å². The summed E-state index contributed by atoms with van der Waals surface area (Å²) < 4.78 is 7.15. The number of nitrogens with zero attached hydrogens (tertiary/aromatic N) is 6. The molecule has 3 aromatic heterocycles. The molecule has 0 aromatic carbocycles. The highest BCUT2D eigenvalue weighted by molar-refractivity contribution is 6.30. The number of aliphatic hydroxyl groups is 3. The van der Waals surface area contributed by atoms with Gasteiger partial charge in [-0.1, -0.05) is 11.6 Å². The van der Waals surface area contributed by atoms with Gasteiger partial charge in [0, 0.05) is 25.3 Å². The molecule has 164 valence electrons. The molecular formula is C19H22ClN7O4. The SMILES string of the molecule is OC[C@H]1OC(n2cnc3c(N[C@H]4CCN(c5ccc(Cl)cn5)C4)ncnc32)[C@@H](O)[C@H]1O. The van der Waals surface area contributed by atoms with E-state index in [0.717, 1.165) is 25.3 Å². The van der Waals surface area contributed by atoms with Crippen molar-refractivity contribution in [2.45, 2.75) is 37.0 Å². The lowest BCUT2D eigenvalue weighted by atomic mass is 10.1. The summed E-state index contributed by atoms with van der Waals surface area (Å²) in [6.45, 7) is 1.19. The maximum absolute atomic E-state index is 10.3. The van der Waals surface area contributed by atoms with Crippen LogP contribution in [0.15, 0.2) is 31.0 Å². The predicted molar refractivity (Wildman–Crippen MR) is 112 cm³/mol. The zero-order chi connectivity index (χ0) is 21.5. The molecule has 5 atom stereocenters. The number of imidazole rings is 1. The highest BCUT2D eigenvalue weighted by Crippen LogP contribution is 2.32. The predicted octanol–water partition coefficient (Wildman–Crippen LogP) is 0.177. The zero-order valence-corrected chi connectivity index (χ0v) is 17.2. The van der Waals surface area contributed by atoms with Crippen molar-refractivity contribution in [3.63, 3.8) is 0 Å². The molecule has 4 N–H and O–H groups in total. The maximum atomic E-state index is 10.3. The molecule has 0 aliphatic carbocycles. The first-order valence-corrected chi connectivity index (χ1v) is 10.4. The molecule has 2 aliphatic rings. The van der Waals surface area contributed by atoms with Gasteiger partial charge in [0.1, 0.15) is 30.5 Å². The van der Waals surface area contributed by atoms with Gasteiger partial charge in [0.15, 0.2) is 23.2 Å². The summed E-state index contributed by atoms with van der Waals surface area (Å²) in [4.78, 5) is 19.6. The van der Waals surface area contributed by atoms with Gasteiger partial charge in [-0.25, -0.2) is 19.9 Å². The average Bonchev–Trinajstić information content (AvgIpc) is 3.48. The van der Waals surface area contributed by atoms with Crippen molar-refractivity contribution in [2.75, 3.05) is 29.9 Å². The van der Waals surface area contributed by atoms with E-state index in [2.05, 4.69) is 30.2 Å². The van der Waals surface area contributed by atoms with Crippen LogP contribution in [0.4, 0.5) is 11.6 Å². The summed E-state index contributed by atoms with van der Waals surface area (Å²) in [7, 11) is 0. The fraction of sp³-hybridized carbons (Fsp3) is 0.474. The quantitative estimate of drug-likeness (QED) is 0.427. The first-order chi connectivity index (χ1) is 15.0. The second-order valence-corrected chi connectivity index (χ2v) is 8.12. The first kappa shape index (κ1) is 20.3. The van der Waals surface area contributed by atoms with E-state index in [1.54, 1.807) is 10.8 Å². The van der Waals surface area contributed by atoms with Crippen LogP contribution in [0.3, 0.4) is 0 Å². The van der Waals surface area contributed by atoms with Crippen LogP contribution in [0.5, 0.6) is 0 Å². The van der Waals surface area contributed by atoms with Crippen molar-refractivity contribution in [3.05, 3.63) is 36.0 Å². The number of rotatable bonds is 5. The van der Waals surface area contributed by atoms with Crippen LogP contribution in [0.2, 0.25) is 5.02 Å². The van der Waals surface area contributed by atoms with E-state index in [9.17, 15) is 15.3 Å². The Labute approximate surface area is 182 Å². The van der Waals surface area contributed by atoms with Crippen LogP contribution in [-0.4, -0.2) is 83.9 Å². The molecule has 5 rings (SSSR count). The molecule has 2 saturated heterocycles. The minimum atomic E-state index is -1.21. The molecule has 5 heterocycles. The van der Waals surface area contributed by atoms with Gasteiger partial charge in [0.25, 0.3) is 0 Å². The largest absolute Gasteiger partial charge is 0.394 e. The van der Waals surface area contributed by atoms with E-state index in [1.165, 1.54) is 12.7 Å². The summed E-state index contributed by atoms with van der Waals surface area (Å²) >= 11 is 5.92. The highest BCUT2D eigenvalue weighted by atomic mass is 35.5.